The van der Waals surface area contributed by atoms with Crippen molar-refractivity contribution >= 4 is 28.9 Å². The minimum atomic E-state index is -0.628. The zero-order valence-corrected chi connectivity index (χ0v) is 13.9. The first kappa shape index (κ1) is 15.3. The van der Waals surface area contributed by atoms with Gasteiger partial charge in [-0.1, -0.05) is 23.7 Å². The Hall–Kier alpha value is -2.24. The fraction of sp³-hybridized carbons (Fsp3) is 0.278. The number of fused-ring (bicyclic) bond motifs is 3. The van der Waals surface area contributed by atoms with Crippen LogP contribution in [0.5, 0.6) is 5.75 Å². The van der Waals surface area contributed by atoms with E-state index in [1.807, 2.05) is 12.1 Å². The number of halogens is 1. The molecule has 1 N–H and O–H groups in total. The van der Waals surface area contributed by atoms with Crippen LogP contribution in [0.1, 0.15) is 0 Å². The molecule has 0 saturated carbocycles. The van der Waals surface area contributed by atoms with Crippen LogP contribution in [0.2, 0.25) is 5.02 Å². The van der Waals surface area contributed by atoms with Crippen LogP contribution < -0.4 is 14.5 Å². The largest absolute Gasteiger partial charge is 0.491 e. The first-order valence-corrected chi connectivity index (χ1v) is 8.35. The highest BCUT2D eigenvalue weighted by molar-refractivity contribution is 6.30. The van der Waals surface area contributed by atoms with Crippen molar-refractivity contribution in [1.29, 1.82) is 0 Å². The lowest BCUT2D eigenvalue weighted by atomic mass is 10.2. The highest BCUT2D eigenvalue weighted by atomic mass is 35.5. The number of hydrogen-bond donors (Lipinski definition) is 1. The standard InChI is InChI=1S/C18H18ClN3O2/c19-13-5-7-15(8-6-13)24-12-14(23)11-22-17-4-2-1-3-16(17)21-10-9-20-18(21)22/h1-8,14,23H,9-12H2. The highest BCUT2D eigenvalue weighted by Crippen LogP contribution is 2.38. The average molecular weight is 344 g/mol. The molecule has 1 unspecified atom stereocenters. The molecule has 2 aliphatic rings. The van der Waals surface area contributed by atoms with Crippen molar-refractivity contribution in [2.45, 2.75) is 6.10 Å². The van der Waals surface area contributed by atoms with Gasteiger partial charge in [0.1, 0.15) is 18.5 Å². The van der Waals surface area contributed by atoms with Crippen LogP contribution >= 0.6 is 11.6 Å². The summed E-state index contributed by atoms with van der Waals surface area (Å²) in [6.45, 7) is 2.34. The fourth-order valence-electron chi connectivity index (χ4n) is 3.09. The second-order valence-corrected chi connectivity index (χ2v) is 6.29. The Labute approximate surface area is 145 Å². The molecule has 4 rings (SSSR count). The molecule has 0 bridgehead atoms. The number of para-hydroxylation sites is 2. The zero-order valence-electron chi connectivity index (χ0n) is 13.1. The van der Waals surface area contributed by atoms with Crippen LogP contribution in [0.3, 0.4) is 0 Å². The van der Waals surface area contributed by atoms with Crippen LogP contribution in [-0.2, 0) is 0 Å². The van der Waals surface area contributed by atoms with Gasteiger partial charge in [0, 0.05) is 11.6 Å². The van der Waals surface area contributed by atoms with E-state index in [0.29, 0.717) is 17.3 Å². The van der Waals surface area contributed by atoms with Gasteiger partial charge in [-0.05, 0) is 36.4 Å². The molecule has 5 nitrogen and oxygen atoms in total. The van der Waals surface area contributed by atoms with E-state index in [9.17, 15) is 5.11 Å². The summed E-state index contributed by atoms with van der Waals surface area (Å²) < 4.78 is 5.64. The Morgan fingerprint density at radius 3 is 2.67 bits per heavy atom. The molecule has 2 aromatic rings. The molecule has 2 aromatic carbocycles. The van der Waals surface area contributed by atoms with Gasteiger partial charge >= 0.3 is 0 Å². The number of rotatable bonds is 5. The molecular weight excluding hydrogens is 326 g/mol. The van der Waals surface area contributed by atoms with Crippen molar-refractivity contribution < 1.29 is 9.84 Å². The lowest BCUT2D eigenvalue weighted by molar-refractivity contribution is 0.114. The Morgan fingerprint density at radius 2 is 1.88 bits per heavy atom. The number of benzene rings is 2. The summed E-state index contributed by atoms with van der Waals surface area (Å²) in [5.41, 5.74) is 2.24. The number of aliphatic hydroxyl groups is 1. The molecular formula is C18H18ClN3O2. The number of ether oxygens (including phenoxy) is 1. The van der Waals surface area contributed by atoms with Crippen LogP contribution in [0, 0.1) is 0 Å². The molecule has 0 spiro atoms. The smallest absolute Gasteiger partial charge is 0.206 e. The maximum Gasteiger partial charge on any atom is 0.206 e. The summed E-state index contributed by atoms with van der Waals surface area (Å²) in [5, 5.41) is 11.1. The number of guanidine groups is 1. The van der Waals surface area contributed by atoms with E-state index in [-0.39, 0.29) is 6.61 Å². The summed E-state index contributed by atoms with van der Waals surface area (Å²) in [6, 6.07) is 15.3. The predicted octanol–water partition coefficient (Wildman–Crippen LogP) is 2.78. The number of aliphatic imine (C=N–C) groups is 1. The molecule has 124 valence electrons. The molecule has 0 aromatic heterocycles. The van der Waals surface area contributed by atoms with Gasteiger partial charge in [0.05, 0.1) is 24.5 Å². The number of hydrogen-bond acceptors (Lipinski definition) is 5. The molecule has 2 heterocycles. The van der Waals surface area contributed by atoms with Crippen LogP contribution in [-0.4, -0.2) is 43.4 Å². The summed E-state index contributed by atoms with van der Waals surface area (Å²) >= 11 is 5.86. The Balaban J connectivity index is 1.43. The van der Waals surface area contributed by atoms with Gasteiger partial charge in [0.25, 0.3) is 0 Å². The van der Waals surface area contributed by atoms with E-state index < -0.39 is 6.10 Å². The van der Waals surface area contributed by atoms with E-state index in [0.717, 1.165) is 30.4 Å². The van der Waals surface area contributed by atoms with Crippen molar-refractivity contribution in [3.63, 3.8) is 0 Å². The minimum Gasteiger partial charge on any atom is -0.491 e. The summed E-state index contributed by atoms with van der Waals surface area (Å²) in [5.74, 6) is 1.61. The van der Waals surface area contributed by atoms with E-state index in [1.54, 1.807) is 24.3 Å². The third-order valence-corrected chi connectivity index (χ3v) is 4.42. The van der Waals surface area contributed by atoms with Gasteiger partial charge in [0.2, 0.25) is 5.96 Å². The first-order valence-electron chi connectivity index (χ1n) is 7.97. The number of nitrogens with zero attached hydrogens (tertiary/aromatic N) is 3. The Morgan fingerprint density at radius 1 is 1.12 bits per heavy atom. The van der Waals surface area contributed by atoms with Gasteiger partial charge in [-0.2, -0.15) is 0 Å². The average Bonchev–Trinajstić information content (AvgIpc) is 3.18. The zero-order chi connectivity index (χ0) is 16.5. The van der Waals surface area contributed by atoms with Gasteiger partial charge in [-0.25, -0.2) is 0 Å². The number of aliphatic hydroxyl groups excluding tert-OH is 1. The van der Waals surface area contributed by atoms with Gasteiger partial charge in [-0.3, -0.25) is 4.99 Å². The SMILES string of the molecule is OC(COc1ccc(Cl)cc1)CN1C2=NCCN2c2ccccc21. The second kappa shape index (κ2) is 6.34. The third-order valence-electron chi connectivity index (χ3n) is 4.17. The van der Waals surface area contributed by atoms with Crippen molar-refractivity contribution in [3.05, 3.63) is 53.6 Å². The number of anilines is 2. The first-order chi connectivity index (χ1) is 11.7. The van der Waals surface area contributed by atoms with Crippen LogP contribution in [0.25, 0.3) is 0 Å². The summed E-state index contributed by atoms with van der Waals surface area (Å²) in [6.07, 6.45) is -0.628. The van der Waals surface area contributed by atoms with E-state index >= 15 is 0 Å². The molecule has 0 fully saturated rings. The van der Waals surface area contributed by atoms with Crippen molar-refractivity contribution in [2.24, 2.45) is 4.99 Å². The molecule has 6 heteroatoms. The Bertz CT molecular complexity index is 763. The van der Waals surface area contributed by atoms with Gasteiger partial charge in [-0.15, -0.1) is 0 Å². The molecule has 1 atom stereocenters. The van der Waals surface area contributed by atoms with Crippen LogP contribution in [0.15, 0.2) is 53.5 Å². The predicted molar refractivity (Wildman–Crippen MR) is 96.4 cm³/mol. The van der Waals surface area contributed by atoms with E-state index in [4.69, 9.17) is 16.3 Å². The minimum absolute atomic E-state index is 0.216. The van der Waals surface area contributed by atoms with Gasteiger partial charge in [0.15, 0.2) is 0 Å². The van der Waals surface area contributed by atoms with Crippen LogP contribution in [0.4, 0.5) is 11.4 Å². The second-order valence-electron chi connectivity index (χ2n) is 5.85. The summed E-state index contributed by atoms with van der Waals surface area (Å²) in [4.78, 5) is 8.84. The monoisotopic (exact) mass is 343 g/mol. The lowest BCUT2D eigenvalue weighted by Crippen LogP contribution is -2.41. The molecule has 0 aliphatic carbocycles. The van der Waals surface area contributed by atoms with Crippen molar-refractivity contribution in [1.82, 2.24) is 0 Å². The maximum absolute atomic E-state index is 10.4. The Kier molecular flexibility index (Phi) is 4.04. The molecule has 0 amide bonds. The van der Waals surface area contributed by atoms with Crippen molar-refractivity contribution in [3.8, 4) is 5.75 Å². The van der Waals surface area contributed by atoms with E-state index in [1.165, 1.54) is 0 Å². The summed E-state index contributed by atoms with van der Waals surface area (Å²) in [7, 11) is 0. The molecule has 0 radical (unpaired) electrons. The normalized spacial score (nSPS) is 16.7. The van der Waals surface area contributed by atoms with Gasteiger partial charge < -0.3 is 19.6 Å². The fourth-order valence-corrected chi connectivity index (χ4v) is 3.22. The van der Waals surface area contributed by atoms with E-state index in [2.05, 4.69) is 26.9 Å². The lowest BCUT2D eigenvalue weighted by Gasteiger charge is -2.22. The van der Waals surface area contributed by atoms with Crippen molar-refractivity contribution in [2.75, 3.05) is 36.0 Å². The topological polar surface area (TPSA) is 48.3 Å². The quantitative estimate of drug-likeness (QED) is 0.907. The number of β-amino-alcohol motifs (C(OH)–C–C–N with tert-alkyl or cyclic N) is 1. The highest BCUT2D eigenvalue weighted by Gasteiger charge is 2.35. The molecule has 24 heavy (non-hydrogen) atoms. The molecule has 0 saturated heterocycles. The molecule has 2 aliphatic heterocycles. The maximum atomic E-state index is 10.4. The third kappa shape index (κ3) is 2.81.